The second-order valence-corrected chi connectivity index (χ2v) is 3.18. The van der Waals surface area contributed by atoms with Crippen LogP contribution in [0.5, 0.6) is 0 Å². The van der Waals surface area contributed by atoms with Crippen molar-refractivity contribution in [3.8, 4) is 0 Å². The van der Waals surface area contributed by atoms with Crippen molar-refractivity contribution >= 4 is 16.8 Å². The van der Waals surface area contributed by atoms with Crippen molar-refractivity contribution in [1.29, 1.82) is 0 Å². The van der Waals surface area contributed by atoms with E-state index in [1.54, 1.807) is 18.0 Å². The summed E-state index contributed by atoms with van der Waals surface area (Å²) in [5.74, 6) is 1.09. The molecule has 0 aromatic rings. The summed E-state index contributed by atoms with van der Waals surface area (Å²) >= 11 is 1.77. The smallest absolute Gasteiger partial charge is 0.119 e. The van der Waals surface area contributed by atoms with Crippen molar-refractivity contribution in [1.82, 2.24) is 5.32 Å². The molecule has 1 saturated heterocycles. The second-order valence-electron chi connectivity index (χ2n) is 2.09. The molecule has 0 spiro atoms. The molecule has 0 aliphatic carbocycles. The van der Waals surface area contributed by atoms with Gasteiger partial charge in [0.1, 0.15) is 5.04 Å². The van der Waals surface area contributed by atoms with Gasteiger partial charge in [-0.25, -0.2) is 4.99 Å². The molecule has 2 nitrogen and oxygen atoms in total. The zero-order valence-corrected chi connectivity index (χ0v) is 9.45. The highest BCUT2D eigenvalue weighted by Crippen LogP contribution is 2.15. The molecule has 1 aliphatic heterocycles. The molecule has 0 unspecified atom stereocenters. The molecule has 0 aromatic heterocycles. The maximum atomic E-state index is 4.15. The van der Waals surface area contributed by atoms with Crippen molar-refractivity contribution in [2.24, 2.45) is 4.99 Å². The third-order valence-corrected chi connectivity index (χ3v) is 2.39. The van der Waals surface area contributed by atoms with Crippen LogP contribution in [0.3, 0.4) is 0 Å². The molecule has 13 heavy (non-hydrogen) atoms. The maximum Gasteiger partial charge on any atom is 0.119 e. The van der Waals surface area contributed by atoms with E-state index in [2.05, 4.69) is 16.9 Å². The van der Waals surface area contributed by atoms with E-state index in [9.17, 15) is 0 Å². The molecule has 0 radical (unpaired) electrons. The Kier molecular flexibility index (Phi) is 7.50. The van der Waals surface area contributed by atoms with Crippen LogP contribution in [0.25, 0.3) is 0 Å². The molecule has 1 heterocycles. The lowest BCUT2D eigenvalue weighted by Gasteiger charge is -2.17. The molecule has 1 N–H and O–H groups in total. The first kappa shape index (κ1) is 12.3. The number of allylic oxidation sites excluding steroid dienone is 1. The number of thioether (sulfide) groups is 1. The molecular formula is C10H18N2S. The average Bonchev–Trinajstić information content (AvgIpc) is 2.22. The number of nitrogens with one attached hydrogen (secondary N) is 1. The van der Waals surface area contributed by atoms with Crippen LogP contribution >= 0.6 is 11.8 Å². The molecular weight excluding hydrogens is 180 g/mol. The van der Waals surface area contributed by atoms with Crippen molar-refractivity contribution in [3.05, 3.63) is 24.6 Å². The van der Waals surface area contributed by atoms with Gasteiger partial charge < -0.3 is 5.32 Å². The Labute approximate surface area is 85.2 Å². The largest absolute Gasteiger partial charge is 0.382 e. The molecule has 0 atom stereocenters. The molecule has 74 valence electrons. The van der Waals surface area contributed by atoms with Crippen LogP contribution in [0.4, 0.5) is 0 Å². The fraction of sp³-hybridized carbons (Fsp3) is 0.500. The van der Waals surface area contributed by atoms with E-state index in [1.807, 2.05) is 26.8 Å². The number of rotatable bonds is 1. The summed E-state index contributed by atoms with van der Waals surface area (Å²) in [6, 6.07) is 0. The Morgan fingerprint density at radius 2 is 2.23 bits per heavy atom. The summed E-state index contributed by atoms with van der Waals surface area (Å²) in [5.41, 5.74) is 1.13. The van der Waals surface area contributed by atoms with Gasteiger partial charge >= 0.3 is 0 Å². The van der Waals surface area contributed by atoms with E-state index in [1.165, 1.54) is 0 Å². The van der Waals surface area contributed by atoms with Gasteiger partial charge in [0.05, 0.1) is 5.70 Å². The molecule has 1 rings (SSSR count). The molecule has 0 amide bonds. The third-order valence-electron chi connectivity index (χ3n) is 1.38. The second kappa shape index (κ2) is 7.92. The summed E-state index contributed by atoms with van der Waals surface area (Å²) in [7, 11) is 0. The van der Waals surface area contributed by atoms with Gasteiger partial charge in [-0.2, -0.15) is 0 Å². The molecule has 0 bridgehead atoms. The van der Waals surface area contributed by atoms with Gasteiger partial charge in [-0.1, -0.05) is 26.5 Å². The maximum absolute atomic E-state index is 4.15. The number of hydrogen-bond acceptors (Lipinski definition) is 3. The fourth-order valence-electron chi connectivity index (χ4n) is 0.902. The van der Waals surface area contributed by atoms with Crippen molar-refractivity contribution in [2.75, 3.05) is 12.3 Å². The van der Waals surface area contributed by atoms with E-state index in [0.29, 0.717) is 0 Å². The van der Waals surface area contributed by atoms with E-state index in [4.69, 9.17) is 0 Å². The van der Waals surface area contributed by atoms with Gasteiger partial charge in [-0.3, -0.25) is 0 Å². The minimum absolute atomic E-state index is 1.03. The molecule has 1 aliphatic rings. The zero-order chi connectivity index (χ0) is 10.1. The highest BCUT2D eigenvalue weighted by atomic mass is 32.2. The van der Waals surface area contributed by atoms with Gasteiger partial charge in [0.15, 0.2) is 0 Å². The lowest BCUT2D eigenvalue weighted by atomic mass is 10.4. The predicted octanol–water partition coefficient (Wildman–Crippen LogP) is 2.79. The quantitative estimate of drug-likeness (QED) is 0.700. The average molecular weight is 198 g/mol. The van der Waals surface area contributed by atoms with Crippen LogP contribution in [0.2, 0.25) is 0 Å². The number of nitrogens with zero attached hydrogens (tertiary/aromatic N) is 1. The van der Waals surface area contributed by atoms with E-state index >= 15 is 0 Å². The monoisotopic (exact) mass is 198 g/mol. The summed E-state index contributed by atoms with van der Waals surface area (Å²) in [4.78, 5) is 4.15. The van der Waals surface area contributed by atoms with Crippen molar-refractivity contribution in [3.63, 3.8) is 0 Å². The lowest BCUT2D eigenvalue weighted by Crippen LogP contribution is -2.27. The van der Waals surface area contributed by atoms with Gasteiger partial charge in [0, 0.05) is 18.5 Å². The first-order valence-corrected chi connectivity index (χ1v) is 5.59. The lowest BCUT2D eigenvalue weighted by molar-refractivity contribution is 0.892. The Balaban J connectivity index is 0.000000671. The minimum Gasteiger partial charge on any atom is -0.382 e. The van der Waals surface area contributed by atoms with Crippen molar-refractivity contribution in [2.45, 2.75) is 20.8 Å². The van der Waals surface area contributed by atoms with E-state index in [0.717, 1.165) is 23.0 Å². The molecule has 1 fully saturated rings. The highest BCUT2D eigenvalue weighted by Gasteiger charge is 2.10. The topological polar surface area (TPSA) is 24.4 Å². The Hall–Kier alpha value is -0.700. The van der Waals surface area contributed by atoms with Crippen LogP contribution in [-0.4, -0.2) is 17.3 Å². The summed E-state index contributed by atoms with van der Waals surface area (Å²) in [6.07, 6.45) is 3.62. The number of hydrogen-bond donors (Lipinski definition) is 1. The van der Waals surface area contributed by atoms with E-state index < -0.39 is 0 Å². The Morgan fingerprint density at radius 1 is 1.54 bits per heavy atom. The van der Waals surface area contributed by atoms with E-state index in [-0.39, 0.29) is 0 Å². The first-order chi connectivity index (χ1) is 6.38. The van der Waals surface area contributed by atoms with Gasteiger partial charge in [0.25, 0.3) is 0 Å². The van der Waals surface area contributed by atoms with Gasteiger partial charge in [0.2, 0.25) is 0 Å². The SMILES string of the molecule is C=CN=C1SCCN/C1=C/C.CC. The van der Waals surface area contributed by atoms with Crippen molar-refractivity contribution < 1.29 is 0 Å². The predicted molar refractivity (Wildman–Crippen MR) is 63.2 cm³/mol. The van der Waals surface area contributed by atoms with Crippen LogP contribution in [-0.2, 0) is 0 Å². The number of aliphatic imine (C=N–C) groups is 1. The minimum atomic E-state index is 1.03. The van der Waals surface area contributed by atoms with Gasteiger partial charge in [-0.15, -0.1) is 11.8 Å². The zero-order valence-electron chi connectivity index (χ0n) is 8.63. The fourth-order valence-corrected chi connectivity index (χ4v) is 1.79. The first-order valence-electron chi connectivity index (χ1n) is 4.60. The van der Waals surface area contributed by atoms with Crippen LogP contribution in [0, 0.1) is 0 Å². The van der Waals surface area contributed by atoms with Crippen LogP contribution in [0.15, 0.2) is 29.5 Å². The van der Waals surface area contributed by atoms with Crippen LogP contribution < -0.4 is 5.32 Å². The molecule has 0 saturated carbocycles. The summed E-state index contributed by atoms with van der Waals surface area (Å²) in [6.45, 7) is 10.6. The third kappa shape index (κ3) is 4.18. The summed E-state index contributed by atoms with van der Waals surface area (Å²) < 4.78 is 0. The van der Waals surface area contributed by atoms with Crippen LogP contribution in [0.1, 0.15) is 20.8 Å². The van der Waals surface area contributed by atoms with Gasteiger partial charge in [-0.05, 0) is 6.92 Å². The summed E-state index contributed by atoms with van der Waals surface area (Å²) in [5, 5.41) is 4.32. The standard InChI is InChI=1S/C8H12N2S.C2H6/c1-3-7-8(9-4-2)11-6-5-10-7;1-2/h3-4,10H,2,5-6H2,1H3;1-2H3/b7-3+,9-8?;. The Bertz CT molecular complexity index is 207. The molecule has 0 aromatic carbocycles. The normalized spacial score (nSPS) is 21.8. The molecule has 3 heteroatoms. The Morgan fingerprint density at radius 3 is 2.77 bits per heavy atom. The highest BCUT2D eigenvalue weighted by molar-refractivity contribution is 8.14.